The zero-order valence-corrected chi connectivity index (χ0v) is 15.0. The topological polar surface area (TPSA) is 81.5 Å². The van der Waals surface area contributed by atoms with E-state index < -0.39 is 0 Å². The predicted molar refractivity (Wildman–Crippen MR) is 95.3 cm³/mol. The van der Waals surface area contributed by atoms with Crippen LogP contribution in [0.3, 0.4) is 0 Å². The number of aromatic nitrogens is 4. The van der Waals surface area contributed by atoms with Gasteiger partial charge in [0.15, 0.2) is 5.82 Å². The molecule has 6 heteroatoms. The average molecular weight is 336 g/mol. The van der Waals surface area contributed by atoms with Gasteiger partial charge in [-0.05, 0) is 37.7 Å². The second-order valence-electron chi connectivity index (χ2n) is 7.70. The molecule has 0 bridgehead atoms. The molecule has 0 aromatic carbocycles. The number of H-pyrrole nitrogens is 1. The Morgan fingerprint density at radius 3 is 2.76 bits per heavy atom. The third-order valence-corrected chi connectivity index (χ3v) is 5.46. The van der Waals surface area contributed by atoms with Crippen molar-refractivity contribution in [3.05, 3.63) is 35.2 Å². The molecule has 25 heavy (non-hydrogen) atoms. The van der Waals surface area contributed by atoms with Crippen LogP contribution in [0.1, 0.15) is 61.4 Å². The molecule has 0 amide bonds. The lowest BCUT2D eigenvalue weighted by molar-refractivity contribution is 0.444. The van der Waals surface area contributed by atoms with Gasteiger partial charge in [0.2, 0.25) is 0 Å². The molecular formula is C19H24N6. The quantitative estimate of drug-likeness (QED) is 0.927. The molecule has 130 valence electrons. The van der Waals surface area contributed by atoms with Crippen molar-refractivity contribution in [3.8, 4) is 6.07 Å². The Balaban J connectivity index is 1.65. The van der Waals surface area contributed by atoms with Gasteiger partial charge in [-0.1, -0.05) is 13.8 Å². The summed E-state index contributed by atoms with van der Waals surface area (Å²) in [7, 11) is 0. The van der Waals surface area contributed by atoms with Gasteiger partial charge in [0, 0.05) is 36.8 Å². The molecule has 2 aromatic rings. The van der Waals surface area contributed by atoms with Crippen molar-refractivity contribution in [2.24, 2.45) is 11.8 Å². The number of nitrogens with zero attached hydrogens (tertiary/aromatic N) is 5. The summed E-state index contributed by atoms with van der Waals surface area (Å²) in [5, 5.41) is 17.1. The monoisotopic (exact) mass is 336 g/mol. The number of nitriles is 1. The molecule has 0 radical (unpaired) electrons. The van der Waals surface area contributed by atoms with Gasteiger partial charge in [-0.25, -0.2) is 4.98 Å². The van der Waals surface area contributed by atoms with Crippen LogP contribution in [0.15, 0.2) is 12.3 Å². The maximum Gasteiger partial charge on any atom is 0.153 e. The summed E-state index contributed by atoms with van der Waals surface area (Å²) in [4.78, 5) is 11.4. The molecule has 6 nitrogen and oxygen atoms in total. The minimum Gasteiger partial charge on any atom is -0.369 e. The standard InChI is InChI=1S/C19H24N6/c1-11(2)18-22-19(24-23-18)16-10-25(9-15(16)13-4-5-13)17-6-12(3)21-8-14(17)7-20/h6,8,11,13,15-16H,4-5,9-10H2,1-3H3,(H,22,23,24)/t15-,16+/m1/s1. The molecule has 1 N–H and O–H groups in total. The third kappa shape index (κ3) is 2.99. The van der Waals surface area contributed by atoms with E-state index >= 15 is 0 Å². The third-order valence-electron chi connectivity index (χ3n) is 5.46. The van der Waals surface area contributed by atoms with Crippen molar-refractivity contribution in [3.63, 3.8) is 0 Å². The molecule has 0 spiro atoms. The van der Waals surface area contributed by atoms with Crippen LogP contribution >= 0.6 is 0 Å². The van der Waals surface area contributed by atoms with E-state index in [0.717, 1.165) is 42.0 Å². The maximum atomic E-state index is 9.46. The zero-order chi connectivity index (χ0) is 17.6. The van der Waals surface area contributed by atoms with Gasteiger partial charge < -0.3 is 4.90 Å². The van der Waals surface area contributed by atoms with Gasteiger partial charge in [-0.2, -0.15) is 10.4 Å². The lowest BCUT2D eigenvalue weighted by Crippen LogP contribution is -2.21. The van der Waals surface area contributed by atoms with E-state index in [-0.39, 0.29) is 0 Å². The van der Waals surface area contributed by atoms with Gasteiger partial charge in [-0.15, -0.1) is 0 Å². The van der Waals surface area contributed by atoms with Crippen molar-refractivity contribution in [2.75, 3.05) is 18.0 Å². The summed E-state index contributed by atoms with van der Waals surface area (Å²) in [5.41, 5.74) is 2.61. The Morgan fingerprint density at radius 1 is 1.32 bits per heavy atom. The van der Waals surface area contributed by atoms with E-state index in [0.29, 0.717) is 23.3 Å². The minimum atomic E-state index is 0.329. The van der Waals surface area contributed by atoms with Crippen molar-refractivity contribution >= 4 is 5.69 Å². The Kier molecular flexibility index (Phi) is 3.95. The second kappa shape index (κ2) is 6.14. The first-order valence-electron chi connectivity index (χ1n) is 9.10. The fourth-order valence-electron chi connectivity index (χ4n) is 3.92. The Bertz CT molecular complexity index is 814. The molecule has 1 saturated heterocycles. The Hall–Kier alpha value is -2.42. The molecule has 4 rings (SSSR count). The molecule has 2 aromatic heterocycles. The molecule has 2 aliphatic rings. The van der Waals surface area contributed by atoms with Crippen LogP contribution in [-0.4, -0.2) is 33.3 Å². The van der Waals surface area contributed by atoms with Crippen molar-refractivity contribution < 1.29 is 0 Å². The average Bonchev–Trinajstić information content (AvgIpc) is 3.15. The number of pyridine rings is 1. The normalized spacial score (nSPS) is 23.2. The summed E-state index contributed by atoms with van der Waals surface area (Å²) in [5.74, 6) is 3.93. The highest BCUT2D eigenvalue weighted by Crippen LogP contribution is 2.48. The van der Waals surface area contributed by atoms with Crippen LogP contribution in [0, 0.1) is 30.1 Å². The van der Waals surface area contributed by atoms with Crippen LogP contribution in [-0.2, 0) is 0 Å². The van der Waals surface area contributed by atoms with E-state index in [1.54, 1.807) is 6.20 Å². The van der Waals surface area contributed by atoms with E-state index in [2.05, 4.69) is 40.0 Å². The molecule has 0 unspecified atom stereocenters. The van der Waals surface area contributed by atoms with E-state index in [4.69, 9.17) is 4.98 Å². The van der Waals surface area contributed by atoms with Crippen molar-refractivity contribution in [2.45, 2.75) is 45.4 Å². The number of nitrogens with one attached hydrogen (secondary N) is 1. The highest BCUT2D eigenvalue weighted by Gasteiger charge is 2.44. The minimum absolute atomic E-state index is 0.329. The first kappa shape index (κ1) is 16.1. The van der Waals surface area contributed by atoms with Crippen LogP contribution in [0.4, 0.5) is 5.69 Å². The number of rotatable bonds is 4. The molecule has 2 atom stereocenters. The predicted octanol–water partition coefficient (Wildman–Crippen LogP) is 3.13. The van der Waals surface area contributed by atoms with Gasteiger partial charge >= 0.3 is 0 Å². The Morgan fingerprint density at radius 2 is 2.12 bits per heavy atom. The lowest BCUT2D eigenvalue weighted by atomic mass is 9.91. The van der Waals surface area contributed by atoms with E-state index in [1.807, 2.05) is 13.0 Å². The Labute approximate surface area is 148 Å². The van der Waals surface area contributed by atoms with Crippen LogP contribution in [0.5, 0.6) is 0 Å². The highest BCUT2D eigenvalue weighted by atomic mass is 15.2. The van der Waals surface area contributed by atoms with Gasteiger partial charge in [0.05, 0.1) is 11.3 Å². The van der Waals surface area contributed by atoms with Crippen LogP contribution in [0.2, 0.25) is 0 Å². The molecular weight excluding hydrogens is 312 g/mol. The molecule has 2 fully saturated rings. The molecule has 1 aliphatic carbocycles. The SMILES string of the molecule is Cc1cc(N2C[C@H](c3nc(C(C)C)n[nH]3)[C@@H](C3CC3)C2)c(C#N)cn1. The smallest absolute Gasteiger partial charge is 0.153 e. The number of anilines is 1. The van der Waals surface area contributed by atoms with Crippen LogP contribution in [0.25, 0.3) is 0 Å². The van der Waals surface area contributed by atoms with Gasteiger partial charge in [0.25, 0.3) is 0 Å². The second-order valence-corrected chi connectivity index (χ2v) is 7.70. The molecule has 1 saturated carbocycles. The summed E-state index contributed by atoms with van der Waals surface area (Å²) < 4.78 is 0. The number of hydrogen-bond donors (Lipinski definition) is 1. The zero-order valence-electron chi connectivity index (χ0n) is 15.0. The summed E-state index contributed by atoms with van der Waals surface area (Å²) >= 11 is 0. The highest BCUT2D eigenvalue weighted by molar-refractivity contribution is 5.60. The number of hydrogen-bond acceptors (Lipinski definition) is 5. The largest absolute Gasteiger partial charge is 0.369 e. The molecule has 1 aliphatic heterocycles. The summed E-state index contributed by atoms with van der Waals surface area (Å²) in [6.07, 6.45) is 4.30. The van der Waals surface area contributed by atoms with Crippen molar-refractivity contribution in [1.29, 1.82) is 5.26 Å². The van der Waals surface area contributed by atoms with E-state index in [1.165, 1.54) is 12.8 Å². The fraction of sp³-hybridized carbons (Fsp3) is 0.579. The summed E-state index contributed by atoms with van der Waals surface area (Å²) in [6, 6.07) is 4.33. The van der Waals surface area contributed by atoms with E-state index in [9.17, 15) is 5.26 Å². The number of aromatic amines is 1. The molecule has 3 heterocycles. The van der Waals surface area contributed by atoms with Gasteiger partial charge in [0.1, 0.15) is 11.9 Å². The number of aryl methyl sites for hydroxylation is 1. The maximum absolute atomic E-state index is 9.46. The van der Waals surface area contributed by atoms with Crippen LogP contribution < -0.4 is 4.90 Å². The first-order chi connectivity index (χ1) is 12.1. The fourth-order valence-corrected chi connectivity index (χ4v) is 3.92. The first-order valence-corrected chi connectivity index (χ1v) is 9.10. The van der Waals surface area contributed by atoms with Gasteiger partial charge in [-0.3, -0.25) is 10.1 Å². The lowest BCUT2D eigenvalue weighted by Gasteiger charge is -2.20. The summed E-state index contributed by atoms with van der Waals surface area (Å²) in [6.45, 7) is 8.07. The van der Waals surface area contributed by atoms with Crippen molar-refractivity contribution in [1.82, 2.24) is 20.2 Å².